The zero-order valence-corrected chi connectivity index (χ0v) is 23.7. The molecule has 4 rings (SSSR count). The van der Waals surface area contributed by atoms with Crippen LogP contribution in [0.3, 0.4) is 0 Å². The largest absolute Gasteiger partial charge is 0.393 e. The summed E-state index contributed by atoms with van der Waals surface area (Å²) < 4.78 is 15.8. The van der Waals surface area contributed by atoms with E-state index < -0.39 is 35.3 Å². The summed E-state index contributed by atoms with van der Waals surface area (Å²) in [6.07, 6.45) is 2.64. The van der Waals surface area contributed by atoms with Gasteiger partial charge < -0.3 is 25.9 Å². The molecular formula is C29H36Cl2FN3O3. The Kier molecular flexibility index (Phi) is 8.43. The van der Waals surface area contributed by atoms with Crippen LogP contribution in [-0.2, 0) is 15.0 Å². The van der Waals surface area contributed by atoms with E-state index in [1.54, 1.807) is 37.4 Å². The average Bonchev–Trinajstić information content (AvgIpc) is 3.40. The van der Waals surface area contributed by atoms with Crippen LogP contribution in [0.5, 0.6) is 0 Å². The Morgan fingerprint density at radius 3 is 2.58 bits per heavy atom. The average molecular weight is 565 g/mol. The summed E-state index contributed by atoms with van der Waals surface area (Å²) in [6.45, 7) is 6.19. The van der Waals surface area contributed by atoms with E-state index in [1.165, 1.54) is 6.07 Å². The molecule has 1 aliphatic heterocycles. The molecule has 0 aromatic heterocycles. The summed E-state index contributed by atoms with van der Waals surface area (Å²) in [5, 5.41) is 20.1. The molecule has 0 bridgehead atoms. The van der Waals surface area contributed by atoms with E-state index in [1.807, 2.05) is 0 Å². The van der Waals surface area contributed by atoms with E-state index in [0.717, 1.165) is 6.29 Å². The molecule has 206 valence electrons. The third-order valence-electron chi connectivity index (χ3n) is 7.88. The first-order valence-electron chi connectivity index (χ1n) is 13.0. The van der Waals surface area contributed by atoms with E-state index in [2.05, 4.69) is 36.7 Å². The molecule has 9 heteroatoms. The van der Waals surface area contributed by atoms with Gasteiger partial charge in [-0.25, -0.2) is 4.39 Å². The van der Waals surface area contributed by atoms with Crippen molar-refractivity contribution in [3.63, 3.8) is 0 Å². The number of aliphatic hydroxyl groups is 1. The predicted octanol–water partition coefficient (Wildman–Crippen LogP) is 5.20. The van der Waals surface area contributed by atoms with Crippen LogP contribution in [0, 0.1) is 11.2 Å². The second kappa shape index (κ2) is 11.1. The van der Waals surface area contributed by atoms with Crippen molar-refractivity contribution < 1.29 is 19.1 Å². The minimum Gasteiger partial charge on any atom is -0.393 e. The van der Waals surface area contributed by atoms with Crippen molar-refractivity contribution in [3.8, 4) is 0 Å². The lowest BCUT2D eigenvalue weighted by Crippen LogP contribution is -2.48. The van der Waals surface area contributed by atoms with Gasteiger partial charge in [0.1, 0.15) is 12.1 Å². The molecule has 0 spiro atoms. The zero-order chi connectivity index (χ0) is 27.8. The van der Waals surface area contributed by atoms with Crippen LogP contribution >= 0.6 is 23.2 Å². The lowest BCUT2D eigenvalue weighted by atomic mass is 9.62. The van der Waals surface area contributed by atoms with Gasteiger partial charge in [0, 0.05) is 35.8 Å². The number of halogens is 3. The Morgan fingerprint density at radius 1 is 1.24 bits per heavy atom. The minimum absolute atomic E-state index is 0.0791. The molecule has 2 aromatic carbocycles. The molecule has 2 fully saturated rings. The minimum atomic E-state index is -1.33. The highest BCUT2D eigenvalue weighted by molar-refractivity contribution is 6.31. The van der Waals surface area contributed by atoms with Crippen molar-refractivity contribution in [1.82, 2.24) is 10.6 Å². The number of benzene rings is 2. The molecule has 1 aliphatic carbocycles. The number of nitrogens with one attached hydrogen (secondary N) is 3. The topological polar surface area (TPSA) is 90.5 Å². The Labute approximate surface area is 233 Å². The molecule has 1 saturated carbocycles. The van der Waals surface area contributed by atoms with Crippen molar-refractivity contribution in [2.24, 2.45) is 5.41 Å². The first-order valence-corrected chi connectivity index (χ1v) is 13.8. The maximum atomic E-state index is 15.8. The third-order valence-corrected chi connectivity index (χ3v) is 8.41. The number of anilines is 1. The van der Waals surface area contributed by atoms with E-state index in [9.17, 15) is 14.7 Å². The van der Waals surface area contributed by atoms with Gasteiger partial charge in [-0.15, -0.1) is 0 Å². The maximum absolute atomic E-state index is 15.8. The Hall–Kier alpha value is -2.19. The smallest absolute Gasteiger partial charge is 0.238 e. The fourth-order valence-corrected chi connectivity index (χ4v) is 6.62. The summed E-state index contributed by atoms with van der Waals surface area (Å²) >= 11 is 12.5. The number of carbonyl (C=O) groups excluding carboxylic acids is 2. The van der Waals surface area contributed by atoms with E-state index in [4.69, 9.17) is 23.2 Å². The van der Waals surface area contributed by atoms with Gasteiger partial charge in [0.2, 0.25) is 5.91 Å². The van der Waals surface area contributed by atoms with Crippen molar-refractivity contribution in [2.75, 3.05) is 12.4 Å². The van der Waals surface area contributed by atoms with Gasteiger partial charge in [-0.1, -0.05) is 62.2 Å². The molecule has 6 unspecified atom stereocenters. The summed E-state index contributed by atoms with van der Waals surface area (Å²) in [5.74, 6) is -1.90. The van der Waals surface area contributed by atoms with Crippen molar-refractivity contribution >= 4 is 41.1 Å². The van der Waals surface area contributed by atoms with Crippen LogP contribution < -0.4 is 16.0 Å². The second-order valence-corrected chi connectivity index (χ2v) is 12.6. The van der Waals surface area contributed by atoms with Crippen molar-refractivity contribution in [3.05, 3.63) is 63.4 Å². The molecule has 6 atom stereocenters. The van der Waals surface area contributed by atoms with Crippen LogP contribution in [0.4, 0.5) is 10.1 Å². The number of carbonyl (C=O) groups is 2. The molecule has 4 N–H and O–H groups in total. The van der Waals surface area contributed by atoms with Gasteiger partial charge in [-0.3, -0.25) is 4.79 Å². The summed E-state index contributed by atoms with van der Waals surface area (Å²) in [5.41, 5.74) is -0.123. The number of hydrogen-bond donors (Lipinski definition) is 4. The summed E-state index contributed by atoms with van der Waals surface area (Å²) in [6, 6.07) is 8.26. The van der Waals surface area contributed by atoms with Gasteiger partial charge in [-0.2, -0.15) is 0 Å². The summed E-state index contributed by atoms with van der Waals surface area (Å²) in [7, 11) is 1.74. The molecule has 38 heavy (non-hydrogen) atoms. The fourth-order valence-electron chi connectivity index (χ4n) is 6.26. The molecule has 2 aliphatic rings. The van der Waals surface area contributed by atoms with E-state index >= 15 is 4.39 Å². The highest BCUT2D eigenvalue weighted by Gasteiger charge is 2.60. The van der Waals surface area contributed by atoms with Gasteiger partial charge in [0.25, 0.3) is 0 Å². The normalized spacial score (nSPS) is 29.3. The Morgan fingerprint density at radius 2 is 1.97 bits per heavy atom. The zero-order valence-electron chi connectivity index (χ0n) is 22.2. The van der Waals surface area contributed by atoms with E-state index in [-0.39, 0.29) is 28.0 Å². The summed E-state index contributed by atoms with van der Waals surface area (Å²) in [4.78, 5) is 27.4. The molecule has 1 heterocycles. The van der Waals surface area contributed by atoms with Crippen LogP contribution in [0.25, 0.3) is 0 Å². The van der Waals surface area contributed by atoms with E-state index in [0.29, 0.717) is 42.0 Å². The van der Waals surface area contributed by atoms with Crippen LogP contribution in [0.1, 0.15) is 63.5 Å². The highest BCUT2D eigenvalue weighted by Crippen LogP contribution is 2.53. The standard InChI is InChI=1S/C29H36Cl2FN3O3/c1-28(2,3)14-23-29(15-36,20-11-8-16(30)12-22(20)33-4)24(19-6-5-7-21(31)25(19)32)26(35-23)27(38)34-17-9-10-18(37)13-17/h5-8,11-12,15,17-18,23-24,26,33,35,37H,9-10,13-14H2,1-4H3,(H,34,38). The lowest BCUT2D eigenvalue weighted by molar-refractivity contribution is -0.124. The number of aliphatic hydroxyl groups excluding tert-OH is 1. The quantitative estimate of drug-likeness (QED) is 0.347. The van der Waals surface area contributed by atoms with Crippen LogP contribution in [0.15, 0.2) is 36.4 Å². The second-order valence-electron chi connectivity index (χ2n) is 11.7. The maximum Gasteiger partial charge on any atom is 0.238 e. The third kappa shape index (κ3) is 5.44. The monoisotopic (exact) mass is 563 g/mol. The van der Waals surface area contributed by atoms with Gasteiger partial charge in [0.05, 0.1) is 22.6 Å². The molecule has 1 saturated heterocycles. The first kappa shape index (κ1) is 28.8. The number of rotatable bonds is 7. The SMILES string of the molecule is CNc1cc(Cl)ccc1C1(C=O)C(CC(C)(C)C)NC(C(=O)NC2CCC(O)C2)C1c1cccc(Cl)c1F. The first-order chi connectivity index (χ1) is 17.9. The van der Waals surface area contributed by atoms with Crippen LogP contribution in [-0.4, -0.2) is 48.6 Å². The predicted molar refractivity (Wildman–Crippen MR) is 149 cm³/mol. The molecule has 0 radical (unpaired) electrons. The Bertz CT molecular complexity index is 1200. The molecule has 1 amide bonds. The molecule has 6 nitrogen and oxygen atoms in total. The van der Waals surface area contributed by atoms with Crippen molar-refractivity contribution in [1.29, 1.82) is 0 Å². The van der Waals surface area contributed by atoms with Gasteiger partial charge in [-0.05, 0) is 60.4 Å². The Balaban J connectivity index is 1.95. The number of hydrogen-bond acceptors (Lipinski definition) is 5. The lowest BCUT2D eigenvalue weighted by Gasteiger charge is -2.39. The molecule has 2 aromatic rings. The molecular weight excluding hydrogens is 528 g/mol. The van der Waals surface area contributed by atoms with Gasteiger partial charge >= 0.3 is 0 Å². The van der Waals surface area contributed by atoms with Crippen LogP contribution in [0.2, 0.25) is 10.0 Å². The van der Waals surface area contributed by atoms with Crippen molar-refractivity contribution in [2.45, 2.75) is 82.0 Å². The van der Waals surface area contributed by atoms with Gasteiger partial charge in [0.15, 0.2) is 0 Å². The fraction of sp³-hybridized carbons (Fsp3) is 0.517. The number of amides is 1. The number of aldehydes is 1. The highest BCUT2D eigenvalue weighted by atomic mass is 35.5.